The topological polar surface area (TPSA) is 63.6 Å². The molecule has 1 aliphatic heterocycles. The van der Waals surface area contributed by atoms with Gasteiger partial charge in [0.2, 0.25) is 0 Å². The first-order valence-corrected chi connectivity index (χ1v) is 7.38. The predicted molar refractivity (Wildman–Crippen MR) is 89.1 cm³/mol. The number of hydrogen-bond acceptors (Lipinski definition) is 4. The number of methoxy groups -OCH3 is 1. The van der Waals surface area contributed by atoms with Crippen molar-refractivity contribution < 1.29 is 9.53 Å². The van der Waals surface area contributed by atoms with Crippen molar-refractivity contribution in [1.29, 1.82) is 0 Å². The van der Waals surface area contributed by atoms with Gasteiger partial charge in [-0.1, -0.05) is 12.1 Å². The summed E-state index contributed by atoms with van der Waals surface area (Å²) in [7, 11) is 1.65. The Bertz CT molecular complexity index is 767. The lowest BCUT2D eigenvalue weighted by atomic mass is 10.1. The number of ether oxygens (including phenoxy) is 1. The summed E-state index contributed by atoms with van der Waals surface area (Å²) in [6.45, 7) is 0. The van der Waals surface area contributed by atoms with Crippen LogP contribution in [0.2, 0.25) is 0 Å². The number of hydrogen-bond donors (Lipinski definition) is 1. The van der Waals surface area contributed by atoms with Gasteiger partial charge in [0.05, 0.1) is 7.11 Å². The molecule has 116 valence electrons. The van der Waals surface area contributed by atoms with Crippen molar-refractivity contribution in [2.24, 2.45) is 4.99 Å². The minimum atomic E-state index is -0.164. The Labute approximate surface area is 134 Å². The summed E-state index contributed by atoms with van der Waals surface area (Å²) in [4.78, 5) is 20.3. The van der Waals surface area contributed by atoms with Gasteiger partial charge in [-0.15, -0.1) is 0 Å². The van der Waals surface area contributed by atoms with Crippen LogP contribution in [-0.2, 0) is 11.2 Å². The van der Waals surface area contributed by atoms with Crippen molar-refractivity contribution in [2.45, 2.75) is 12.8 Å². The average molecular weight is 307 g/mol. The molecule has 0 radical (unpaired) electrons. The molecule has 1 aromatic carbocycles. The lowest BCUT2D eigenvalue weighted by molar-refractivity contribution is -0.115. The van der Waals surface area contributed by atoms with E-state index >= 15 is 0 Å². The van der Waals surface area contributed by atoms with Gasteiger partial charge in [0, 0.05) is 18.8 Å². The van der Waals surface area contributed by atoms with Gasteiger partial charge in [0.15, 0.2) is 0 Å². The second-order valence-corrected chi connectivity index (χ2v) is 5.17. The monoisotopic (exact) mass is 307 g/mol. The van der Waals surface area contributed by atoms with Crippen LogP contribution in [0, 0.1) is 0 Å². The quantitative estimate of drug-likeness (QED) is 0.864. The van der Waals surface area contributed by atoms with Crippen LogP contribution in [0.1, 0.15) is 17.5 Å². The zero-order chi connectivity index (χ0) is 16.1. The van der Waals surface area contributed by atoms with Gasteiger partial charge in [-0.05, 0) is 47.9 Å². The lowest BCUT2D eigenvalue weighted by Gasteiger charge is -2.04. The molecule has 0 saturated carbocycles. The summed E-state index contributed by atoms with van der Waals surface area (Å²) in [6.07, 6.45) is 6.60. The second kappa shape index (κ2) is 6.87. The van der Waals surface area contributed by atoms with Crippen molar-refractivity contribution in [2.75, 3.05) is 7.11 Å². The molecule has 2 heterocycles. The molecule has 1 aromatic heterocycles. The van der Waals surface area contributed by atoms with Gasteiger partial charge >= 0.3 is 0 Å². The van der Waals surface area contributed by atoms with Gasteiger partial charge in [0.1, 0.15) is 17.3 Å². The number of nitrogens with one attached hydrogen (secondary N) is 1. The summed E-state index contributed by atoms with van der Waals surface area (Å²) in [5.74, 6) is 1.36. The van der Waals surface area contributed by atoms with Gasteiger partial charge in [0.25, 0.3) is 5.91 Å². The number of nitrogens with zero attached hydrogens (tertiary/aromatic N) is 2. The molecular weight excluding hydrogens is 290 g/mol. The van der Waals surface area contributed by atoms with Crippen molar-refractivity contribution in [3.05, 3.63) is 65.6 Å². The molecule has 5 nitrogen and oxygen atoms in total. The van der Waals surface area contributed by atoms with E-state index in [1.165, 1.54) is 0 Å². The van der Waals surface area contributed by atoms with E-state index in [9.17, 15) is 4.79 Å². The maximum atomic E-state index is 12.0. The summed E-state index contributed by atoms with van der Waals surface area (Å²) < 4.78 is 5.21. The van der Waals surface area contributed by atoms with Crippen LogP contribution in [0.4, 0.5) is 0 Å². The maximum absolute atomic E-state index is 12.0. The zero-order valence-corrected chi connectivity index (χ0v) is 12.8. The van der Waals surface area contributed by atoms with Gasteiger partial charge in [-0.25, -0.2) is 4.99 Å². The molecule has 0 bridgehead atoms. The Hall–Kier alpha value is -2.95. The molecule has 5 heteroatoms. The second-order valence-electron chi connectivity index (χ2n) is 5.17. The van der Waals surface area contributed by atoms with E-state index in [1.54, 1.807) is 25.6 Å². The van der Waals surface area contributed by atoms with E-state index in [1.807, 2.05) is 36.4 Å². The summed E-state index contributed by atoms with van der Waals surface area (Å²) in [6, 6.07) is 11.6. The van der Waals surface area contributed by atoms with Crippen LogP contribution < -0.4 is 10.1 Å². The predicted octanol–water partition coefficient (Wildman–Crippen LogP) is 2.59. The Morgan fingerprint density at radius 1 is 1.17 bits per heavy atom. The first kappa shape index (κ1) is 15.0. The van der Waals surface area contributed by atoms with E-state index in [0.717, 1.165) is 23.3 Å². The fraction of sp³-hybridized carbons (Fsp3) is 0.167. The number of carbonyl (C=O) groups excluding carboxylic acids is 1. The highest BCUT2D eigenvalue weighted by Crippen LogP contribution is 2.16. The van der Waals surface area contributed by atoms with Crippen LogP contribution in [-0.4, -0.2) is 23.8 Å². The Morgan fingerprint density at radius 3 is 2.78 bits per heavy atom. The summed E-state index contributed by atoms with van der Waals surface area (Å²) in [5.41, 5.74) is 2.48. The van der Waals surface area contributed by atoms with Crippen molar-refractivity contribution in [1.82, 2.24) is 10.3 Å². The van der Waals surface area contributed by atoms with Crippen molar-refractivity contribution >= 4 is 17.8 Å². The largest absolute Gasteiger partial charge is 0.497 e. The fourth-order valence-corrected chi connectivity index (χ4v) is 2.34. The number of aryl methyl sites for hydroxylation is 1. The fourth-order valence-electron chi connectivity index (χ4n) is 2.34. The lowest BCUT2D eigenvalue weighted by Crippen LogP contribution is -2.24. The third-order valence-electron chi connectivity index (χ3n) is 3.54. The first-order valence-electron chi connectivity index (χ1n) is 7.38. The number of carbonyl (C=O) groups is 1. The summed E-state index contributed by atoms with van der Waals surface area (Å²) in [5, 5.41) is 2.82. The third-order valence-corrected chi connectivity index (χ3v) is 3.54. The van der Waals surface area contributed by atoms with Crippen LogP contribution in [0.25, 0.3) is 6.08 Å². The normalized spacial score (nSPS) is 15.4. The standard InChI is InChI=1S/C18H17N3O2/c1-23-15-4-2-3-13(11-15)5-6-17-20-16(18(22)21-17)12-14-7-9-19-10-8-14/h2-4,7-12H,5-6H2,1H3,(H,20,21,22)/b16-12+. The molecule has 1 amide bonds. The van der Waals surface area contributed by atoms with E-state index in [2.05, 4.69) is 15.3 Å². The number of pyridine rings is 1. The zero-order valence-electron chi connectivity index (χ0n) is 12.8. The number of rotatable bonds is 5. The average Bonchev–Trinajstić information content (AvgIpc) is 2.94. The molecular formula is C18H17N3O2. The van der Waals surface area contributed by atoms with E-state index in [4.69, 9.17) is 4.74 Å². The van der Waals surface area contributed by atoms with Gasteiger partial charge < -0.3 is 10.1 Å². The van der Waals surface area contributed by atoms with Gasteiger partial charge in [-0.2, -0.15) is 0 Å². The molecule has 0 fully saturated rings. The highest BCUT2D eigenvalue weighted by molar-refractivity contribution is 6.14. The molecule has 0 atom stereocenters. The van der Waals surface area contributed by atoms with Gasteiger partial charge in [-0.3, -0.25) is 9.78 Å². The van der Waals surface area contributed by atoms with Crippen LogP contribution in [0.5, 0.6) is 5.75 Å². The first-order chi connectivity index (χ1) is 11.2. The Balaban J connectivity index is 1.68. The number of benzene rings is 1. The number of amidine groups is 1. The van der Waals surface area contributed by atoms with E-state index in [0.29, 0.717) is 18.0 Å². The maximum Gasteiger partial charge on any atom is 0.275 e. The number of aromatic nitrogens is 1. The van der Waals surface area contributed by atoms with Crippen LogP contribution >= 0.6 is 0 Å². The van der Waals surface area contributed by atoms with Crippen LogP contribution in [0.3, 0.4) is 0 Å². The number of aliphatic imine (C=N–C) groups is 1. The molecule has 23 heavy (non-hydrogen) atoms. The number of amides is 1. The van der Waals surface area contributed by atoms with Crippen molar-refractivity contribution in [3.8, 4) is 5.75 Å². The minimum absolute atomic E-state index is 0.164. The highest BCUT2D eigenvalue weighted by atomic mass is 16.5. The van der Waals surface area contributed by atoms with E-state index in [-0.39, 0.29) is 5.91 Å². The molecule has 0 saturated heterocycles. The van der Waals surface area contributed by atoms with E-state index < -0.39 is 0 Å². The third kappa shape index (κ3) is 3.83. The molecule has 0 spiro atoms. The molecule has 2 aromatic rings. The summed E-state index contributed by atoms with van der Waals surface area (Å²) >= 11 is 0. The highest BCUT2D eigenvalue weighted by Gasteiger charge is 2.19. The molecule has 0 unspecified atom stereocenters. The van der Waals surface area contributed by atoms with Crippen molar-refractivity contribution in [3.63, 3.8) is 0 Å². The van der Waals surface area contributed by atoms with Crippen LogP contribution in [0.15, 0.2) is 59.5 Å². The Kier molecular flexibility index (Phi) is 4.47. The SMILES string of the molecule is COc1cccc(CCC2=N/C(=C/c3ccncc3)C(=O)N2)c1. The molecule has 1 N–H and O–H groups in total. The molecule has 1 aliphatic rings. The minimum Gasteiger partial charge on any atom is -0.497 e. The molecule has 0 aliphatic carbocycles. The smallest absolute Gasteiger partial charge is 0.275 e. The Morgan fingerprint density at radius 2 is 2.00 bits per heavy atom. The molecule has 3 rings (SSSR count).